The Labute approximate surface area is 151 Å². The summed E-state index contributed by atoms with van der Waals surface area (Å²) in [5.41, 5.74) is 2.00. The van der Waals surface area contributed by atoms with Gasteiger partial charge in [0.2, 0.25) is 5.95 Å². The minimum absolute atomic E-state index is 0.0745. The number of nitrogens with one attached hydrogen (secondary N) is 2. The third-order valence-electron chi connectivity index (χ3n) is 4.49. The molecular weight excluding hydrogens is 308 g/mol. The van der Waals surface area contributed by atoms with Crippen LogP contribution in [0, 0.1) is 0 Å². The van der Waals surface area contributed by atoms with Gasteiger partial charge in [-0.15, -0.1) is 0 Å². The van der Waals surface area contributed by atoms with Crippen LogP contribution in [0.25, 0.3) is 11.3 Å². The van der Waals surface area contributed by atoms with Gasteiger partial charge in [0.05, 0.1) is 5.69 Å². The van der Waals surface area contributed by atoms with Crippen LogP contribution in [0.1, 0.15) is 59.3 Å². The highest BCUT2D eigenvalue weighted by molar-refractivity contribution is 5.64. The first-order chi connectivity index (χ1) is 12.0. The van der Waals surface area contributed by atoms with Crippen molar-refractivity contribution in [2.24, 2.45) is 0 Å². The van der Waals surface area contributed by atoms with Crippen molar-refractivity contribution in [1.82, 2.24) is 9.97 Å². The van der Waals surface area contributed by atoms with E-state index >= 15 is 0 Å². The lowest BCUT2D eigenvalue weighted by molar-refractivity contribution is 0.614. The van der Waals surface area contributed by atoms with Crippen molar-refractivity contribution in [3.8, 4) is 11.3 Å². The maximum absolute atomic E-state index is 4.74. The highest BCUT2D eigenvalue weighted by Crippen LogP contribution is 2.25. The van der Waals surface area contributed by atoms with E-state index in [1.807, 2.05) is 18.2 Å². The predicted octanol–water partition coefficient (Wildman–Crippen LogP) is 5.49. The van der Waals surface area contributed by atoms with Crippen molar-refractivity contribution >= 4 is 11.8 Å². The predicted molar refractivity (Wildman–Crippen MR) is 106 cm³/mol. The summed E-state index contributed by atoms with van der Waals surface area (Å²) in [6.45, 7) is 6.39. The summed E-state index contributed by atoms with van der Waals surface area (Å²) in [5, 5.41) is 7.09. The Morgan fingerprint density at radius 2 is 1.60 bits per heavy atom. The van der Waals surface area contributed by atoms with Gasteiger partial charge in [0, 0.05) is 23.2 Å². The molecule has 25 heavy (non-hydrogen) atoms. The van der Waals surface area contributed by atoms with E-state index in [2.05, 4.69) is 49.6 Å². The molecule has 0 amide bonds. The second kappa shape index (κ2) is 7.85. The van der Waals surface area contributed by atoms with Gasteiger partial charge in [-0.3, -0.25) is 0 Å². The van der Waals surface area contributed by atoms with E-state index in [1.54, 1.807) is 0 Å². The average molecular weight is 338 g/mol. The molecule has 1 aromatic carbocycles. The topological polar surface area (TPSA) is 49.8 Å². The lowest BCUT2D eigenvalue weighted by atomic mass is 10.1. The minimum Gasteiger partial charge on any atom is -0.367 e. The molecular formula is C21H30N4. The van der Waals surface area contributed by atoms with Crippen molar-refractivity contribution in [2.75, 3.05) is 10.6 Å². The molecule has 4 heteroatoms. The number of aromatic nitrogens is 2. The van der Waals surface area contributed by atoms with Crippen LogP contribution in [-0.4, -0.2) is 21.5 Å². The molecule has 0 radical (unpaired) electrons. The second-order valence-corrected chi connectivity index (χ2v) is 8.04. The Morgan fingerprint density at radius 3 is 2.24 bits per heavy atom. The van der Waals surface area contributed by atoms with E-state index < -0.39 is 0 Å². The molecule has 1 heterocycles. The first-order valence-corrected chi connectivity index (χ1v) is 9.49. The number of rotatable bonds is 4. The molecule has 1 saturated carbocycles. The van der Waals surface area contributed by atoms with E-state index in [0.29, 0.717) is 12.0 Å². The van der Waals surface area contributed by atoms with Gasteiger partial charge in [0.1, 0.15) is 5.82 Å². The van der Waals surface area contributed by atoms with Crippen LogP contribution in [0.15, 0.2) is 36.4 Å². The molecule has 1 aromatic heterocycles. The first-order valence-electron chi connectivity index (χ1n) is 9.49. The monoisotopic (exact) mass is 338 g/mol. The molecule has 134 valence electrons. The fraction of sp³-hybridized carbons (Fsp3) is 0.524. The Bertz CT molecular complexity index is 668. The van der Waals surface area contributed by atoms with Crippen LogP contribution in [0.2, 0.25) is 0 Å². The normalized spacial score (nSPS) is 16.3. The molecule has 0 saturated heterocycles. The lowest BCUT2D eigenvalue weighted by Crippen LogP contribution is -2.28. The van der Waals surface area contributed by atoms with Gasteiger partial charge in [0.15, 0.2) is 0 Å². The molecule has 0 spiro atoms. The SMILES string of the molecule is CC(C)(C)Nc1nc(NC2CCCCCC2)cc(-c2ccccc2)n1. The van der Waals surface area contributed by atoms with Crippen LogP contribution >= 0.6 is 0 Å². The highest BCUT2D eigenvalue weighted by atomic mass is 15.2. The maximum atomic E-state index is 4.74. The largest absolute Gasteiger partial charge is 0.367 e. The Kier molecular flexibility index (Phi) is 5.57. The molecule has 0 aliphatic heterocycles. The zero-order valence-corrected chi connectivity index (χ0v) is 15.7. The van der Waals surface area contributed by atoms with Gasteiger partial charge >= 0.3 is 0 Å². The van der Waals surface area contributed by atoms with Gasteiger partial charge in [0.25, 0.3) is 0 Å². The van der Waals surface area contributed by atoms with E-state index in [1.165, 1.54) is 38.5 Å². The molecule has 3 rings (SSSR count). The number of benzene rings is 1. The molecule has 1 aliphatic rings. The second-order valence-electron chi connectivity index (χ2n) is 8.04. The van der Waals surface area contributed by atoms with Gasteiger partial charge in [-0.2, -0.15) is 4.98 Å². The van der Waals surface area contributed by atoms with E-state index in [4.69, 9.17) is 9.97 Å². The first kappa shape index (κ1) is 17.7. The molecule has 1 fully saturated rings. The third kappa shape index (κ3) is 5.45. The summed E-state index contributed by atoms with van der Waals surface area (Å²) in [6.07, 6.45) is 7.78. The van der Waals surface area contributed by atoms with Crippen LogP contribution in [-0.2, 0) is 0 Å². The van der Waals surface area contributed by atoms with Crippen LogP contribution in [0.3, 0.4) is 0 Å². The molecule has 0 unspecified atom stereocenters. The van der Waals surface area contributed by atoms with Crippen molar-refractivity contribution in [1.29, 1.82) is 0 Å². The van der Waals surface area contributed by atoms with Gasteiger partial charge < -0.3 is 10.6 Å². The highest BCUT2D eigenvalue weighted by Gasteiger charge is 2.16. The average Bonchev–Trinajstić information content (AvgIpc) is 2.82. The summed E-state index contributed by atoms with van der Waals surface area (Å²) >= 11 is 0. The van der Waals surface area contributed by atoms with E-state index in [-0.39, 0.29) is 5.54 Å². The van der Waals surface area contributed by atoms with Crippen molar-refractivity contribution in [3.05, 3.63) is 36.4 Å². The van der Waals surface area contributed by atoms with Crippen molar-refractivity contribution in [2.45, 2.75) is 70.9 Å². The van der Waals surface area contributed by atoms with Gasteiger partial charge in [-0.1, -0.05) is 56.0 Å². The van der Waals surface area contributed by atoms with Crippen LogP contribution in [0.4, 0.5) is 11.8 Å². The summed E-state index contributed by atoms with van der Waals surface area (Å²) in [6, 6.07) is 12.9. The summed E-state index contributed by atoms with van der Waals surface area (Å²) in [5.74, 6) is 1.61. The van der Waals surface area contributed by atoms with E-state index in [0.717, 1.165) is 17.1 Å². The standard InChI is InChI=1S/C21H30N4/c1-21(2,3)25-20-23-18(16-11-7-6-8-12-16)15-19(24-20)22-17-13-9-4-5-10-14-17/h6-8,11-12,15,17H,4-5,9-10,13-14H2,1-3H3,(H2,22,23,24,25). The number of nitrogens with zero attached hydrogens (tertiary/aromatic N) is 2. The summed E-state index contributed by atoms with van der Waals surface area (Å²) < 4.78 is 0. The Hall–Kier alpha value is -2.10. The molecule has 0 bridgehead atoms. The van der Waals surface area contributed by atoms with Gasteiger partial charge in [-0.05, 0) is 33.6 Å². The zero-order valence-electron chi connectivity index (χ0n) is 15.7. The number of anilines is 2. The molecule has 4 nitrogen and oxygen atoms in total. The fourth-order valence-corrected chi connectivity index (χ4v) is 3.30. The molecule has 2 aromatic rings. The fourth-order valence-electron chi connectivity index (χ4n) is 3.30. The smallest absolute Gasteiger partial charge is 0.225 e. The van der Waals surface area contributed by atoms with Gasteiger partial charge in [-0.25, -0.2) is 4.98 Å². The lowest BCUT2D eigenvalue weighted by Gasteiger charge is -2.22. The number of hydrogen-bond donors (Lipinski definition) is 2. The number of hydrogen-bond acceptors (Lipinski definition) is 4. The third-order valence-corrected chi connectivity index (χ3v) is 4.49. The van der Waals surface area contributed by atoms with Crippen LogP contribution in [0.5, 0.6) is 0 Å². The quantitative estimate of drug-likeness (QED) is 0.724. The molecule has 1 aliphatic carbocycles. The van der Waals surface area contributed by atoms with Crippen molar-refractivity contribution < 1.29 is 0 Å². The Morgan fingerprint density at radius 1 is 0.920 bits per heavy atom. The maximum Gasteiger partial charge on any atom is 0.225 e. The van der Waals surface area contributed by atoms with E-state index in [9.17, 15) is 0 Å². The zero-order chi connectivity index (χ0) is 17.7. The summed E-state index contributed by atoms with van der Waals surface area (Å²) in [7, 11) is 0. The minimum atomic E-state index is -0.0745. The van der Waals surface area contributed by atoms with Crippen molar-refractivity contribution in [3.63, 3.8) is 0 Å². The molecule has 0 atom stereocenters. The van der Waals surface area contributed by atoms with Crippen LogP contribution < -0.4 is 10.6 Å². The Balaban J connectivity index is 1.88. The molecule has 2 N–H and O–H groups in total. The summed E-state index contributed by atoms with van der Waals surface area (Å²) in [4.78, 5) is 9.47.